The number of rotatable bonds is 3. The monoisotopic (exact) mass is 207 g/mol. The van der Waals surface area contributed by atoms with Gasteiger partial charge in [-0.15, -0.1) is 0 Å². The highest BCUT2D eigenvalue weighted by molar-refractivity contribution is 5.35. The Balaban J connectivity index is 2.19. The zero-order valence-electron chi connectivity index (χ0n) is 9.19. The molecule has 2 rings (SSSR count). The second kappa shape index (κ2) is 4.64. The minimum atomic E-state index is -0.0252. The van der Waals surface area contributed by atoms with Crippen molar-refractivity contribution < 1.29 is 9.47 Å². The van der Waals surface area contributed by atoms with Crippen molar-refractivity contribution in [3.8, 4) is 5.75 Å². The molecule has 2 unspecified atom stereocenters. The fourth-order valence-corrected chi connectivity index (χ4v) is 1.77. The van der Waals surface area contributed by atoms with E-state index >= 15 is 0 Å². The molecule has 0 spiro atoms. The Bertz CT molecular complexity index is 327. The third-order valence-corrected chi connectivity index (χ3v) is 2.46. The van der Waals surface area contributed by atoms with E-state index in [1.807, 2.05) is 31.2 Å². The standard InChI is InChI=1S/C12H17NO2/c1-3-14-11-7-5-4-6-10(11)12-13-8-9(2)15-12/h4-7,9,12-13H,3,8H2,1-2H3. The van der Waals surface area contributed by atoms with Crippen molar-refractivity contribution in [1.29, 1.82) is 0 Å². The lowest BCUT2D eigenvalue weighted by Crippen LogP contribution is -2.15. The van der Waals surface area contributed by atoms with Gasteiger partial charge in [-0.3, -0.25) is 5.32 Å². The first-order valence-corrected chi connectivity index (χ1v) is 5.42. The van der Waals surface area contributed by atoms with Crippen molar-refractivity contribution in [2.75, 3.05) is 13.2 Å². The van der Waals surface area contributed by atoms with E-state index in [9.17, 15) is 0 Å². The Kier molecular flexibility index (Phi) is 3.23. The SMILES string of the molecule is CCOc1ccccc1C1NCC(C)O1. The van der Waals surface area contributed by atoms with E-state index < -0.39 is 0 Å². The quantitative estimate of drug-likeness (QED) is 0.823. The number of para-hydroxylation sites is 1. The van der Waals surface area contributed by atoms with E-state index in [0.29, 0.717) is 6.61 Å². The summed E-state index contributed by atoms with van der Waals surface area (Å²) in [6, 6.07) is 8.01. The molecule has 0 aliphatic carbocycles. The van der Waals surface area contributed by atoms with Crippen LogP contribution in [0.4, 0.5) is 0 Å². The molecule has 0 saturated carbocycles. The first kappa shape index (κ1) is 10.5. The fourth-order valence-electron chi connectivity index (χ4n) is 1.77. The smallest absolute Gasteiger partial charge is 0.138 e. The van der Waals surface area contributed by atoms with Crippen LogP contribution in [0.25, 0.3) is 0 Å². The van der Waals surface area contributed by atoms with Gasteiger partial charge in [-0.05, 0) is 19.9 Å². The molecule has 0 bridgehead atoms. The summed E-state index contributed by atoms with van der Waals surface area (Å²) in [4.78, 5) is 0. The zero-order valence-corrected chi connectivity index (χ0v) is 9.19. The summed E-state index contributed by atoms with van der Waals surface area (Å²) in [5.41, 5.74) is 1.09. The predicted octanol–water partition coefficient (Wildman–Crippen LogP) is 2.09. The Morgan fingerprint density at radius 3 is 2.93 bits per heavy atom. The average Bonchev–Trinajstić information content (AvgIpc) is 2.66. The van der Waals surface area contributed by atoms with Gasteiger partial charge in [0, 0.05) is 12.1 Å². The summed E-state index contributed by atoms with van der Waals surface area (Å²) in [6.07, 6.45) is 0.243. The van der Waals surface area contributed by atoms with Gasteiger partial charge in [-0.25, -0.2) is 0 Å². The molecule has 1 N–H and O–H groups in total. The van der Waals surface area contributed by atoms with Gasteiger partial charge in [-0.1, -0.05) is 18.2 Å². The van der Waals surface area contributed by atoms with Crippen LogP contribution in [-0.2, 0) is 4.74 Å². The molecule has 0 amide bonds. The van der Waals surface area contributed by atoms with Crippen LogP contribution >= 0.6 is 0 Å². The van der Waals surface area contributed by atoms with Crippen LogP contribution in [0, 0.1) is 0 Å². The highest BCUT2D eigenvalue weighted by Crippen LogP contribution is 2.29. The van der Waals surface area contributed by atoms with E-state index in [0.717, 1.165) is 17.9 Å². The molecule has 3 nitrogen and oxygen atoms in total. The Hall–Kier alpha value is -1.06. The minimum Gasteiger partial charge on any atom is -0.493 e. The molecule has 15 heavy (non-hydrogen) atoms. The van der Waals surface area contributed by atoms with Gasteiger partial charge in [0.2, 0.25) is 0 Å². The largest absolute Gasteiger partial charge is 0.493 e. The number of nitrogens with one attached hydrogen (secondary N) is 1. The molecule has 1 saturated heterocycles. The van der Waals surface area contributed by atoms with Gasteiger partial charge in [0.05, 0.1) is 12.7 Å². The summed E-state index contributed by atoms with van der Waals surface area (Å²) in [7, 11) is 0. The molecule has 1 heterocycles. The van der Waals surface area contributed by atoms with Crippen molar-refractivity contribution in [3.05, 3.63) is 29.8 Å². The summed E-state index contributed by atoms with van der Waals surface area (Å²) in [5, 5.41) is 3.32. The molecule has 1 fully saturated rings. The van der Waals surface area contributed by atoms with E-state index in [2.05, 4.69) is 12.2 Å². The zero-order chi connectivity index (χ0) is 10.7. The van der Waals surface area contributed by atoms with Crippen molar-refractivity contribution in [3.63, 3.8) is 0 Å². The second-order valence-corrected chi connectivity index (χ2v) is 3.71. The van der Waals surface area contributed by atoms with Crippen LogP contribution in [-0.4, -0.2) is 19.3 Å². The molecule has 1 aromatic carbocycles. The highest BCUT2D eigenvalue weighted by atomic mass is 16.5. The van der Waals surface area contributed by atoms with Crippen LogP contribution in [0.3, 0.4) is 0 Å². The lowest BCUT2D eigenvalue weighted by atomic mass is 10.2. The molecule has 1 aliphatic heterocycles. The number of ether oxygens (including phenoxy) is 2. The highest BCUT2D eigenvalue weighted by Gasteiger charge is 2.24. The first-order chi connectivity index (χ1) is 7.31. The second-order valence-electron chi connectivity index (χ2n) is 3.71. The maximum absolute atomic E-state index is 5.74. The lowest BCUT2D eigenvalue weighted by Gasteiger charge is -2.15. The van der Waals surface area contributed by atoms with Crippen molar-refractivity contribution >= 4 is 0 Å². The third kappa shape index (κ3) is 2.30. The average molecular weight is 207 g/mol. The summed E-state index contributed by atoms with van der Waals surface area (Å²) < 4.78 is 11.3. The maximum atomic E-state index is 5.74. The molecule has 82 valence electrons. The van der Waals surface area contributed by atoms with E-state index in [-0.39, 0.29) is 12.3 Å². The molecule has 1 aliphatic rings. The van der Waals surface area contributed by atoms with E-state index in [4.69, 9.17) is 9.47 Å². The molecule has 1 aromatic rings. The first-order valence-electron chi connectivity index (χ1n) is 5.42. The lowest BCUT2D eigenvalue weighted by molar-refractivity contribution is 0.0492. The molecule has 3 heteroatoms. The van der Waals surface area contributed by atoms with Crippen LogP contribution in [0.1, 0.15) is 25.6 Å². The van der Waals surface area contributed by atoms with Crippen LogP contribution < -0.4 is 10.1 Å². The van der Waals surface area contributed by atoms with Crippen LogP contribution in [0.15, 0.2) is 24.3 Å². The van der Waals surface area contributed by atoms with Gasteiger partial charge in [0.15, 0.2) is 0 Å². The van der Waals surface area contributed by atoms with Crippen molar-refractivity contribution in [1.82, 2.24) is 5.32 Å². The van der Waals surface area contributed by atoms with Crippen molar-refractivity contribution in [2.45, 2.75) is 26.2 Å². The van der Waals surface area contributed by atoms with Crippen molar-refractivity contribution in [2.24, 2.45) is 0 Å². The van der Waals surface area contributed by atoms with E-state index in [1.54, 1.807) is 0 Å². The normalized spacial score (nSPS) is 25.5. The maximum Gasteiger partial charge on any atom is 0.138 e. The molecule has 0 radical (unpaired) electrons. The number of benzene rings is 1. The molecular weight excluding hydrogens is 190 g/mol. The minimum absolute atomic E-state index is 0.0252. The Labute approximate surface area is 90.4 Å². The van der Waals surface area contributed by atoms with Gasteiger partial charge in [0.1, 0.15) is 12.0 Å². The molecular formula is C12H17NO2. The molecule has 0 aromatic heterocycles. The fraction of sp³-hybridized carbons (Fsp3) is 0.500. The number of hydrogen-bond acceptors (Lipinski definition) is 3. The topological polar surface area (TPSA) is 30.5 Å². The van der Waals surface area contributed by atoms with Crippen LogP contribution in [0.5, 0.6) is 5.75 Å². The van der Waals surface area contributed by atoms with Gasteiger partial charge >= 0.3 is 0 Å². The predicted molar refractivity (Wildman–Crippen MR) is 58.9 cm³/mol. The van der Waals surface area contributed by atoms with Crippen LogP contribution in [0.2, 0.25) is 0 Å². The Morgan fingerprint density at radius 1 is 1.47 bits per heavy atom. The Morgan fingerprint density at radius 2 is 2.27 bits per heavy atom. The number of hydrogen-bond donors (Lipinski definition) is 1. The summed E-state index contributed by atoms with van der Waals surface area (Å²) in [6.45, 7) is 5.63. The van der Waals surface area contributed by atoms with E-state index in [1.165, 1.54) is 0 Å². The summed E-state index contributed by atoms with van der Waals surface area (Å²) in [5.74, 6) is 0.909. The van der Waals surface area contributed by atoms with Gasteiger partial charge in [-0.2, -0.15) is 0 Å². The van der Waals surface area contributed by atoms with Gasteiger partial charge < -0.3 is 9.47 Å². The molecule has 2 atom stereocenters. The third-order valence-electron chi connectivity index (χ3n) is 2.46. The summed E-state index contributed by atoms with van der Waals surface area (Å²) >= 11 is 0. The van der Waals surface area contributed by atoms with Gasteiger partial charge in [0.25, 0.3) is 0 Å².